The van der Waals surface area contributed by atoms with E-state index in [0.29, 0.717) is 17.3 Å². The number of aromatic nitrogens is 3. The molecule has 0 atom stereocenters. The Balaban J connectivity index is 1.86. The van der Waals surface area contributed by atoms with Gasteiger partial charge < -0.3 is 9.84 Å². The molecule has 1 saturated heterocycles. The largest absolute Gasteiger partial charge is 0.334 e. The van der Waals surface area contributed by atoms with Gasteiger partial charge in [0.15, 0.2) is 5.82 Å². The summed E-state index contributed by atoms with van der Waals surface area (Å²) < 4.78 is 18.5. The molecule has 0 aliphatic carbocycles. The molecule has 1 aliphatic rings. The van der Waals surface area contributed by atoms with Crippen molar-refractivity contribution >= 4 is 0 Å². The Kier molecular flexibility index (Phi) is 3.69. The van der Waals surface area contributed by atoms with Crippen molar-refractivity contribution in [3.05, 3.63) is 30.1 Å². The van der Waals surface area contributed by atoms with Crippen LogP contribution in [-0.2, 0) is 5.54 Å². The van der Waals surface area contributed by atoms with Crippen molar-refractivity contribution in [1.29, 1.82) is 0 Å². The SMILES string of the molecule is CC(C)(c1noc(-c2cncc(F)c2)n1)N1CCNCC1. The zero-order valence-electron chi connectivity index (χ0n) is 12.1. The summed E-state index contributed by atoms with van der Waals surface area (Å²) in [4.78, 5) is 10.5. The molecule has 7 heteroatoms. The van der Waals surface area contributed by atoms with E-state index in [2.05, 4.69) is 39.2 Å². The molecule has 112 valence electrons. The van der Waals surface area contributed by atoms with Gasteiger partial charge in [0.25, 0.3) is 5.89 Å². The fourth-order valence-electron chi connectivity index (χ4n) is 2.48. The molecule has 0 bridgehead atoms. The molecule has 0 spiro atoms. The lowest BCUT2D eigenvalue weighted by molar-refractivity contribution is 0.0925. The zero-order chi connectivity index (χ0) is 14.9. The molecule has 0 radical (unpaired) electrons. The molecule has 3 rings (SSSR count). The minimum Gasteiger partial charge on any atom is -0.334 e. The van der Waals surface area contributed by atoms with Crippen molar-refractivity contribution < 1.29 is 8.91 Å². The van der Waals surface area contributed by atoms with Crippen LogP contribution in [0.3, 0.4) is 0 Å². The van der Waals surface area contributed by atoms with Crippen LogP contribution in [0.4, 0.5) is 4.39 Å². The third-order valence-corrected chi connectivity index (χ3v) is 3.83. The summed E-state index contributed by atoms with van der Waals surface area (Å²) in [6.07, 6.45) is 2.66. The van der Waals surface area contributed by atoms with Crippen molar-refractivity contribution in [2.24, 2.45) is 0 Å². The van der Waals surface area contributed by atoms with Gasteiger partial charge in [0, 0.05) is 32.4 Å². The van der Waals surface area contributed by atoms with Crippen molar-refractivity contribution in [2.45, 2.75) is 19.4 Å². The first-order valence-electron chi connectivity index (χ1n) is 6.98. The Morgan fingerprint density at radius 1 is 1.29 bits per heavy atom. The molecule has 0 aromatic carbocycles. The number of nitrogens with one attached hydrogen (secondary N) is 1. The van der Waals surface area contributed by atoms with Gasteiger partial charge in [-0.15, -0.1) is 0 Å². The summed E-state index contributed by atoms with van der Waals surface area (Å²) in [5, 5.41) is 7.39. The topological polar surface area (TPSA) is 67.1 Å². The van der Waals surface area contributed by atoms with Gasteiger partial charge in [-0.05, 0) is 19.9 Å². The molecular weight excluding hydrogens is 273 g/mol. The second kappa shape index (κ2) is 5.50. The number of hydrogen-bond acceptors (Lipinski definition) is 6. The number of pyridine rings is 1. The van der Waals surface area contributed by atoms with Gasteiger partial charge in [-0.2, -0.15) is 4.98 Å². The summed E-state index contributed by atoms with van der Waals surface area (Å²) in [7, 11) is 0. The normalized spacial score (nSPS) is 17.1. The summed E-state index contributed by atoms with van der Waals surface area (Å²) in [5.74, 6) is 0.470. The van der Waals surface area contributed by atoms with Crippen LogP contribution in [0.5, 0.6) is 0 Å². The number of rotatable bonds is 3. The molecule has 3 heterocycles. The maximum absolute atomic E-state index is 13.2. The lowest BCUT2D eigenvalue weighted by Gasteiger charge is -2.38. The monoisotopic (exact) mass is 291 g/mol. The van der Waals surface area contributed by atoms with Crippen LogP contribution in [0.25, 0.3) is 11.5 Å². The van der Waals surface area contributed by atoms with E-state index in [4.69, 9.17) is 4.52 Å². The standard InChI is InChI=1S/C14H18FN5O/c1-14(2,20-5-3-16-4-6-20)13-18-12(21-19-13)10-7-11(15)9-17-8-10/h7-9,16H,3-6H2,1-2H3. The highest BCUT2D eigenvalue weighted by Gasteiger charge is 2.34. The number of piperazine rings is 1. The van der Waals surface area contributed by atoms with Crippen molar-refractivity contribution in [1.82, 2.24) is 25.3 Å². The van der Waals surface area contributed by atoms with E-state index >= 15 is 0 Å². The molecular formula is C14H18FN5O. The van der Waals surface area contributed by atoms with E-state index < -0.39 is 5.82 Å². The van der Waals surface area contributed by atoms with Gasteiger partial charge in [-0.3, -0.25) is 9.88 Å². The first-order valence-corrected chi connectivity index (χ1v) is 6.98. The molecule has 2 aromatic rings. The summed E-state index contributed by atoms with van der Waals surface area (Å²) >= 11 is 0. The summed E-state index contributed by atoms with van der Waals surface area (Å²) in [6.45, 7) is 7.88. The lowest BCUT2D eigenvalue weighted by Crippen LogP contribution is -2.52. The fraction of sp³-hybridized carbons (Fsp3) is 0.500. The van der Waals surface area contributed by atoms with Gasteiger partial charge in [0.1, 0.15) is 5.82 Å². The molecule has 0 amide bonds. The van der Waals surface area contributed by atoms with Crippen molar-refractivity contribution in [2.75, 3.05) is 26.2 Å². The highest BCUT2D eigenvalue weighted by molar-refractivity contribution is 5.50. The minimum absolute atomic E-state index is 0.292. The van der Waals surface area contributed by atoms with E-state index in [9.17, 15) is 4.39 Å². The van der Waals surface area contributed by atoms with E-state index in [1.807, 2.05) is 0 Å². The Morgan fingerprint density at radius 2 is 2.05 bits per heavy atom. The molecule has 21 heavy (non-hydrogen) atoms. The van der Waals surface area contributed by atoms with Crippen LogP contribution in [-0.4, -0.2) is 46.2 Å². The Hall–Kier alpha value is -1.86. The number of halogens is 1. The highest BCUT2D eigenvalue weighted by atomic mass is 19.1. The van der Waals surface area contributed by atoms with Gasteiger partial charge in [-0.1, -0.05) is 5.16 Å². The maximum atomic E-state index is 13.2. The quantitative estimate of drug-likeness (QED) is 0.922. The molecule has 0 saturated carbocycles. The second-order valence-corrected chi connectivity index (χ2v) is 5.61. The lowest BCUT2D eigenvalue weighted by atomic mass is 10.0. The smallest absolute Gasteiger partial charge is 0.259 e. The van der Waals surface area contributed by atoms with Crippen LogP contribution in [0, 0.1) is 5.82 Å². The number of nitrogens with zero attached hydrogens (tertiary/aromatic N) is 4. The third kappa shape index (κ3) is 2.79. The fourth-order valence-corrected chi connectivity index (χ4v) is 2.48. The summed E-state index contributed by atoms with van der Waals surface area (Å²) in [5.41, 5.74) is 0.162. The highest BCUT2D eigenvalue weighted by Crippen LogP contribution is 2.27. The summed E-state index contributed by atoms with van der Waals surface area (Å²) in [6, 6.07) is 1.34. The average molecular weight is 291 g/mol. The van der Waals surface area contributed by atoms with E-state index in [-0.39, 0.29) is 5.54 Å². The first kappa shape index (κ1) is 14.1. The van der Waals surface area contributed by atoms with Gasteiger partial charge in [0.05, 0.1) is 17.3 Å². The van der Waals surface area contributed by atoms with Crippen LogP contribution in [0.15, 0.2) is 23.0 Å². The maximum Gasteiger partial charge on any atom is 0.259 e. The Labute approximate surface area is 122 Å². The van der Waals surface area contributed by atoms with Crippen molar-refractivity contribution in [3.63, 3.8) is 0 Å². The van der Waals surface area contributed by atoms with Gasteiger partial charge in [-0.25, -0.2) is 4.39 Å². The molecule has 2 aromatic heterocycles. The molecule has 6 nitrogen and oxygen atoms in total. The minimum atomic E-state index is -0.423. The molecule has 1 aliphatic heterocycles. The molecule has 0 unspecified atom stereocenters. The molecule has 1 fully saturated rings. The zero-order valence-corrected chi connectivity index (χ0v) is 12.1. The number of hydrogen-bond donors (Lipinski definition) is 1. The van der Waals surface area contributed by atoms with Gasteiger partial charge >= 0.3 is 0 Å². The average Bonchev–Trinajstić information content (AvgIpc) is 2.99. The molecule has 1 N–H and O–H groups in total. The van der Waals surface area contributed by atoms with Crippen LogP contribution in [0.1, 0.15) is 19.7 Å². The van der Waals surface area contributed by atoms with Crippen LogP contribution < -0.4 is 5.32 Å². The van der Waals surface area contributed by atoms with E-state index in [1.165, 1.54) is 12.3 Å². The Morgan fingerprint density at radius 3 is 2.76 bits per heavy atom. The van der Waals surface area contributed by atoms with E-state index in [1.54, 1.807) is 0 Å². The van der Waals surface area contributed by atoms with Crippen LogP contribution in [0.2, 0.25) is 0 Å². The third-order valence-electron chi connectivity index (χ3n) is 3.83. The van der Waals surface area contributed by atoms with Crippen molar-refractivity contribution in [3.8, 4) is 11.5 Å². The first-order chi connectivity index (χ1) is 10.1. The van der Waals surface area contributed by atoms with Gasteiger partial charge in [0.2, 0.25) is 0 Å². The van der Waals surface area contributed by atoms with Crippen LogP contribution >= 0.6 is 0 Å². The second-order valence-electron chi connectivity index (χ2n) is 5.61. The predicted molar refractivity (Wildman–Crippen MR) is 75.0 cm³/mol. The van der Waals surface area contributed by atoms with E-state index in [0.717, 1.165) is 32.4 Å². The predicted octanol–water partition coefficient (Wildman–Crippen LogP) is 1.41. The Bertz CT molecular complexity index is 621.